The molecule has 0 spiro atoms. The third-order valence-corrected chi connectivity index (χ3v) is 5.92. The average Bonchev–Trinajstić information content (AvgIpc) is 2.60. The van der Waals surface area contributed by atoms with Crippen LogP contribution in [0, 0.1) is 12.5 Å². The number of aryl methyl sites for hydroxylation is 1. The van der Waals surface area contributed by atoms with E-state index in [1.165, 1.54) is 23.1 Å². The zero-order chi connectivity index (χ0) is 20.0. The van der Waals surface area contributed by atoms with Gasteiger partial charge in [0.2, 0.25) is 0 Å². The fourth-order valence-electron chi connectivity index (χ4n) is 3.91. The second kappa shape index (κ2) is 6.52. The van der Waals surface area contributed by atoms with Gasteiger partial charge >= 0.3 is 0 Å². The van der Waals surface area contributed by atoms with Crippen LogP contribution in [-0.4, -0.2) is 5.11 Å². The van der Waals surface area contributed by atoms with E-state index in [2.05, 4.69) is 63.8 Å². The highest BCUT2D eigenvalue weighted by Gasteiger charge is 2.37. The van der Waals surface area contributed by atoms with Gasteiger partial charge in [0.25, 0.3) is 0 Å². The van der Waals surface area contributed by atoms with Crippen LogP contribution in [-0.2, 0) is 10.8 Å². The van der Waals surface area contributed by atoms with Crippen LogP contribution in [0.4, 0.5) is 17.1 Å². The molecule has 0 amide bonds. The van der Waals surface area contributed by atoms with Crippen LogP contribution in [0.3, 0.4) is 0 Å². The Hall–Kier alpha value is -2.62. The summed E-state index contributed by atoms with van der Waals surface area (Å²) in [6.07, 6.45) is 2.35. The zero-order valence-electron chi connectivity index (χ0n) is 16.9. The zero-order valence-corrected chi connectivity index (χ0v) is 16.9. The molecule has 2 aromatic carbocycles. The number of anilines is 2. The molecular weight excluding hydrogens is 334 g/mol. The minimum atomic E-state index is -0.0274. The van der Waals surface area contributed by atoms with Gasteiger partial charge in [-0.2, -0.15) is 5.11 Å². The van der Waals surface area contributed by atoms with E-state index in [0.29, 0.717) is 11.3 Å². The van der Waals surface area contributed by atoms with E-state index in [4.69, 9.17) is 5.53 Å². The van der Waals surface area contributed by atoms with Gasteiger partial charge < -0.3 is 10.4 Å². The second-order valence-electron chi connectivity index (χ2n) is 8.90. The highest BCUT2D eigenvalue weighted by molar-refractivity contribution is 5.77. The first-order valence-corrected chi connectivity index (χ1v) is 9.37. The number of hydrogen-bond acceptors (Lipinski definition) is 4. The molecule has 1 aliphatic carbocycles. The van der Waals surface area contributed by atoms with Gasteiger partial charge in [0.1, 0.15) is 11.4 Å². The standard InChI is InChI=1S/C23H29N3O/c1-14-11-17-18(23(5,6)10-9-22(17,3)4)13-20(14)25-19-8-7-16(15(2)27)12-21(19)26-24/h7-8,11-13,24-25,27H,2,9-10H2,1,3-6H3. The summed E-state index contributed by atoms with van der Waals surface area (Å²) < 4.78 is 0. The summed E-state index contributed by atoms with van der Waals surface area (Å²) in [5.74, 6) is -0.0274. The van der Waals surface area contributed by atoms with Crippen LogP contribution in [0.2, 0.25) is 0 Å². The van der Waals surface area contributed by atoms with Crippen LogP contribution in [0.25, 0.3) is 5.76 Å². The van der Waals surface area contributed by atoms with Gasteiger partial charge in [0.05, 0.1) is 5.69 Å². The van der Waals surface area contributed by atoms with Crippen molar-refractivity contribution in [1.82, 2.24) is 0 Å². The molecule has 1 aliphatic rings. The van der Waals surface area contributed by atoms with Crippen molar-refractivity contribution in [3.8, 4) is 0 Å². The van der Waals surface area contributed by atoms with E-state index in [9.17, 15) is 5.11 Å². The van der Waals surface area contributed by atoms with E-state index in [1.54, 1.807) is 12.1 Å². The Morgan fingerprint density at radius 1 is 1.04 bits per heavy atom. The third-order valence-electron chi connectivity index (χ3n) is 5.92. The number of nitrogens with zero attached hydrogens (tertiary/aromatic N) is 1. The Bertz CT molecular complexity index is 925. The predicted molar refractivity (Wildman–Crippen MR) is 113 cm³/mol. The normalized spacial score (nSPS) is 17.1. The van der Waals surface area contributed by atoms with Crippen molar-refractivity contribution in [3.63, 3.8) is 0 Å². The highest BCUT2D eigenvalue weighted by atomic mass is 16.3. The van der Waals surface area contributed by atoms with E-state index in [0.717, 1.165) is 17.8 Å². The van der Waals surface area contributed by atoms with Crippen LogP contribution in [0.1, 0.15) is 62.8 Å². The smallest absolute Gasteiger partial charge is 0.115 e. The molecule has 0 bridgehead atoms. The number of benzene rings is 2. The Morgan fingerprint density at radius 2 is 1.63 bits per heavy atom. The van der Waals surface area contributed by atoms with Crippen molar-refractivity contribution >= 4 is 22.8 Å². The number of aliphatic hydroxyl groups excluding tert-OH is 1. The molecule has 142 valence electrons. The molecule has 0 atom stereocenters. The summed E-state index contributed by atoms with van der Waals surface area (Å²) in [6.45, 7) is 14.9. The molecule has 3 rings (SSSR count). The lowest BCUT2D eigenvalue weighted by molar-refractivity contribution is 0.332. The maximum atomic E-state index is 9.59. The number of rotatable bonds is 4. The quantitative estimate of drug-likeness (QED) is 0.394. The average molecular weight is 364 g/mol. The molecule has 0 aromatic heterocycles. The van der Waals surface area contributed by atoms with Crippen molar-refractivity contribution in [1.29, 1.82) is 5.53 Å². The van der Waals surface area contributed by atoms with Crippen molar-refractivity contribution in [2.75, 3.05) is 5.32 Å². The Morgan fingerprint density at radius 3 is 2.19 bits per heavy atom. The largest absolute Gasteiger partial charge is 0.508 e. The third kappa shape index (κ3) is 3.48. The van der Waals surface area contributed by atoms with Crippen LogP contribution >= 0.6 is 0 Å². The van der Waals surface area contributed by atoms with Gasteiger partial charge in [-0.15, -0.1) is 0 Å². The molecule has 0 aliphatic heterocycles. The van der Waals surface area contributed by atoms with Crippen molar-refractivity contribution in [2.24, 2.45) is 5.11 Å². The minimum absolute atomic E-state index is 0.0274. The van der Waals surface area contributed by atoms with Crippen LogP contribution in [0.5, 0.6) is 0 Å². The van der Waals surface area contributed by atoms with Gasteiger partial charge in [-0.3, -0.25) is 0 Å². The molecule has 2 aromatic rings. The molecule has 0 radical (unpaired) electrons. The summed E-state index contributed by atoms with van der Waals surface area (Å²) in [4.78, 5) is 0. The molecule has 27 heavy (non-hydrogen) atoms. The van der Waals surface area contributed by atoms with Gasteiger partial charge in [-0.1, -0.05) is 40.3 Å². The predicted octanol–water partition coefficient (Wildman–Crippen LogP) is 7.28. The molecule has 4 heteroatoms. The lowest BCUT2D eigenvalue weighted by Gasteiger charge is -2.42. The number of nitrogens with one attached hydrogen (secondary N) is 2. The summed E-state index contributed by atoms with van der Waals surface area (Å²) in [5.41, 5.74) is 14.6. The minimum Gasteiger partial charge on any atom is -0.508 e. The maximum Gasteiger partial charge on any atom is 0.115 e. The molecule has 4 nitrogen and oxygen atoms in total. The monoisotopic (exact) mass is 363 g/mol. The Labute approximate surface area is 161 Å². The van der Waals surface area contributed by atoms with E-state index >= 15 is 0 Å². The lowest BCUT2D eigenvalue weighted by atomic mass is 9.63. The van der Waals surface area contributed by atoms with Gasteiger partial charge in [-0.05, 0) is 71.6 Å². The second-order valence-corrected chi connectivity index (χ2v) is 8.90. The summed E-state index contributed by atoms with van der Waals surface area (Å²) in [7, 11) is 0. The number of hydrogen-bond donors (Lipinski definition) is 3. The highest BCUT2D eigenvalue weighted by Crippen LogP contribution is 2.47. The summed E-state index contributed by atoms with van der Waals surface area (Å²) >= 11 is 0. The fourth-order valence-corrected chi connectivity index (χ4v) is 3.91. The molecule has 3 N–H and O–H groups in total. The molecule has 0 fully saturated rings. The lowest BCUT2D eigenvalue weighted by Crippen LogP contribution is -2.34. The molecular formula is C23H29N3O. The van der Waals surface area contributed by atoms with E-state index in [1.807, 2.05) is 6.07 Å². The first-order chi connectivity index (χ1) is 12.5. The number of aliphatic hydroxyl groups is 1. The number of fused-ring (bicyclic) bond motifs is 1. The van der Waals surface area contributed by atoms with E-state index in [-0.39, 0.29) is 16.6 Å². The van der Waals surface area contributed by atoms with Crippen LogP contribution in [0.15, 0.2) is 42.0 Å². The molecule has 0 saturated heterocycles. The van der Waals surface area contributed by atoms with Crippen molar-refractivity contribution in [2.45, 2.75) is 58.3 Å². The Kier molecular flexibility index (Phi) is 4.62. The Balaban J connectivity index is 2.07. The van der Waals surface area contributed by atoms with Gasteiger partial charge in [0.15, 0.2) is 0 Å². The van der Waals surface area contributed by atoms with E-state index < -0.39 is 0 Å². The van der Waals surface area contributed by atoms with Crippen molar-refractivity contribution < 1.29 is 5.11 Å². The van der Waals surface area contributed by atoms with Crippen molar-refractivity contribution in [3.05, 3.63) is 59.2 Å². The molecule has 0 unspecified atom stereocenters. The first kappa shape index (κ1) is 19.2. The summed E-state index contributed by atoms with van der Waals surface area (Å²) in [5, 5.41) is 16.7. The van der Waals surface area contributed by atoms with Crippen LogP contribution < -0.4 is 5.32 Å². The topological polar surface area (TPSA) is 68.5 Å². The van der Waals surface area contributed by atoms with Gasteiger partial charge in [0, 0.05) is 11.3 Å². The molecule has 0 heterocycles. The SMILES string of the molecule is C=C(O)c1ccc(Nc2cc3c(cc2C)C(C)(C)CCC3(C)C)c(N=N)c1. The summed E-state index contributed by atoms with van der Waals surface area (Å²) in [6, 6.07) is 9.84. The first-order valence-electron chi connectivity index (χ1n) is 9.37. The fraction of sp³-hybridized carbons (Fsp3) is 0.391. The van der Waals surface area contributed by atoms with Gasteiger partial charge in [-0.25, -0.2) is 5.53 Å². The molecule has 0 saturated carbocycles. The maximum absolute atomic E-state index is 9.59.